The molecule has 0 aliphatic heterocycles. The number of hydrogen-bond donors (Lipinski definition) is 0. The number of hydrogen-bond acceptors (Lipinski definition) is 2. The predicted octanol–water partition coefficient (Wildman–Crippen LogP) is 15.2. The van der Waals surface area contributed by atoms with E-state index in [0.29, 0.717) is 0 Å². The van der Waals surface area contributed by atoms with E-state index in [1.54, 1.807) is 0 Å². The number of anilines is 3. The lowest BCUT2D eigenvalue weighted by molar-refractivity contribution is 0.770. The van der Waals surface area contributed by atoms with Crippen LogP contribution >= 0.6 is 11.3 Å². The van der Waals surface area contributed by atoms with E-state index in [4.69, 9.17) is 0 Å². The molecule has 0 saturated heterocycles. The van der Waals surface area contributed by atoms with Crippen LogP contribution < -0.4 is 4.90 Å². The number of fused-ring (bicyclic) bond motifs is 6. The summed E-state index contributed by atoms with van der Waals surface area (Å²) in [5.41, 5.74) is 15.7. The van der Waals surface area contributed by atoms with Gasteiger partial charge in [-0.1, -0.05) is 170 Å². The van der Waals surface area contributed by atoms with Crippen molar-refractivity contribution in [2.75, 3.05) is 4.90 Å². The maximum Gasteiger partial charge on any atom is 0.0713 e. The minimum absolute atomic E-state index is 0.424. The average molecular weight is 744 g/mol. The van der Waals surface area contributed by atoms with Gasteiger partial charge in [0.1, 0.15) is 0 Å². The summed E-state index contributed by atoms with van der Waals surface area (Å²) in [6.07, 6.45) is 0. The fraction of sp³-hybridized carbons (Fsp3) is 0.0182. The Morgan fingerprint density at radius 3 is 1.58 bits per heavy atom. The first-order valence-electron chi connectivity index (χ1n) is 19.6. The molecule has 0 unspecified atom stereocenters. The van der Waals surface area contributed by atoms with Gasteiger partial charge in [0.2, 0.25) is 0 Å². The molecule has 11 rings (SSSR count). The van der Waals surface area contributed by atoms with Crippen LogP contribution in [0.2, 0.25) is 0 Å². The summed E-state index contributed by atoms with van der Waals surface area (Å²) in [6, 6.07) is 82.4. The molecular formula is C55H37NS. The highest BCUT2D eigenvalue weighted by atomic mass is 32.1. The first-order chi connectivity index (χ1) is 28.3. The van der Waals surface area contributed by atoms with Gasteiger partial charge in [0.25, 0.3) is 0 Å². The van der Waals surface area contributed by atoms with E-state index in [9.17, 15) is 0 Å². The van der Waals surface area contributed by atoms with Gasteiger partial charge in [0, 0.05) is 37.2 Å². The molecule has 57 heavy (non-hydrogen) atoms. The molecule has 1 aliphatic rings. The summed E-state index contributed by atoms with van der Waals surface area (Å²) in [6.45, 7) is 0. The monoisotopic (exact) mass is 743 g/mol. The molecule has 0 atom stereocenters. The molecule has 0 N–H and O–H groups in total. The van der Waals surface area contributed by atoms with E-state index in [0.717, 1.165) is 17.1 Å². The second-order valence-electron chi connectivity index (χ2n) is 14.9. The molecule has 0 bridgehead atoms. The van der Waals surface area contributed by atoms with Crippen LogP contribution in [0, 0.1) is 0 Å². The Hall–Kier alpha value is -7.00. The van der Waals surface area contributed by atoms with Gasteiger partial charge in [-0.2, -0.15) is 0 Å². The van der Waals surface area contributed by atoms with E-state index in [1.165, 1.54) is 75.8 Å². The van der Waals surface area contributed by atoms with Crippen LogP contribution in [0.4, 0.5) is 17.1 Å². The van der Waals surface area contributed by atoms with Crippen molar-refractivity contribution in [1.29, 1.82) is 0 Å². The number of benzene rings is 9. The summed E-state index contributed by atoms with van der Waals surface area (Å²) in [5, 5.41) is 2.57. The summed E-state index contributed by atoms with van der Waals surface area (Å²) in [7, 11) is 0. The van der Waals surface area contributed by atoms with Crippen molar-refractivity contribution in [1.82, 2.24) is 0 Å². The highest BCUT2D eigenvalue weighted by molar-refractivity contribution is 7.25. The maximum atomic E-state index is 2.47. The summed E-state index contributed by atoms with van der Waals surface area (Å²) in [4.78, 5) is 2.39. The van der Waals surface area contributed by atoms with E-state index in [1.807, 2.05) is 11.3 Å². The number of rotatable bonds is 7. The van der Waals surface area contributed by atoms with Crippen molar-refractivity contribution < 1.29 is 0 Å². The van der Waals surface area contributed by atoms with Crippen LogP contribution in [0.15, 0.2) is 224 Å². The molecule has 1 aromatic heterocycles. The van der Waals surface area contributed by atoms with Crippen LogP contribution in [0.5, 0.6) is 0 Å². The Morgan fingerprint density at radius 1 is 0.316 bits per heavy atom. The molecule has 0 spiro atoms. The second-order valence-corrected chi connectivity index (χ2v) is 16.0. The van der Waals surface area contributed by atoms with E-state index >= 15 is 0 Å². The summed E-state index contributed by atoms with van der Waals surface area (Å²) < 4.78 is 2.56. The third-order valence-corrected chi connectivity index (χ3v) is 12.9. The van der Waals surface area contributed by atoms with E-state index in [-0.39, 0.29) is 0 Å². The standard InChI is InChI=1S/C55H37NS/c1-4-16-38(17-5-1)39-18-14-19-40(34-39)41-20-15-25-45(35-41)56(44-23-8-3-9-24-44)46-31-32-49-50-36-43(30-33-53(50)57-54(49)37-46)55(42-21-6-2-7-22-42)51-28-12-10-26-47(51)48-27-11-13-29-52(48)55/h1-37H. The molecule has 2 heteroatoms. The van der Waals surface area contributed by atoms with Crippen molar-refractivity contribution in [3.8, 4) is 33.4 Å². The van der Waals surface area contributed by atoms with Gasteiger partial charge >= 0.3 is 0 Å². The zero-order valence-corrected chi connectivity index (χ0v) is 32.0. The molecule has 9 aromatic carbocycles. The second kappa shape index (κ2) is 13.6. The lowest BCUT2D eigenvalue weighted by Gasteiger charge is -2.34. The van der Waals surface area contributed by atoms with Crippen LogP contribution in [-0.4, -0.2) is 0 Å². The fourth-order valence-corrected chi connectivity index (χ4v) is 10.3. The third kappa shape index (κ3) is 5.44. The van der Waals surface area contributed by atoms with Gasteiger partial charge in [-0.3, -0.25) is 0 Å². The third-order valence-electron chi connectivity index (χ3n) is 11.7. The molecule has 0 fully saturated rings. The van der Waals surface area contributed by atoms with Crippen molar-refractivity contribution >= 4 is 48.6 Å². The Labute approximate surface area is 337 Å². The summed E-state index contributed by atoms with van der Waals surface area (Å²) in [5.74, 6) is 0. The highest BCUT2D eigenvalue weighted by Crippen LogP contribution is 2.56. The number of thiophene rings is 1. The van der Waals surface area contributed by atoms with Crippen molar-refractivity contribution in [3.63, 3.8) is 0 Å². The highest BCUT2D eigenvalue weighted by Gasteiger charge is 2.45. The first kappa shape index (κ1) is 33.3. The van der Waals surface area contributed by atoms with Crippen LogP contribution in [0.3, 0.4) is 0 Å². The van der Waals surface area contributed by atoms with Crippen molar-refractivity contribution in [2.45, 2.75) is 5.41 Å². The van der Waals surface area contributed by atoms with Crippen molar-refractivity contribution in [3.05, 3.63) is 247 Å². The molecule has 1 nitrogen and oxygen atoms in total. The van der Waals surface area contributed by atoms with Crippen molar-refractivity contribution in [2.24, 2.45) is 0 Å². The Kier molecular flexibility index (Phi) is 7.98. The number of para-hydroxylation sites is 1. The molecular weight excluding hydrogens is 707 g/mol. The first-order valence-corrected chi connectivity index (χ1v) is 20.4. The van der Waals surface area contributed by atoms with Gasteiger partial charge in [0.15, 0.2) is 0 Å². The molecule has 0 radical (unpaired) electrons. The Bertz CT molecular complexity index is 3030. The SMILES string of the molecule is c1ccc(-c2cccc(-c3cccc(N(c4ccccc4)c4ccc5c(c4)sc4ccc(C6(c7ccccc7)c7ccccc7-c7ccccc76)cc45)c3)c2)cc1. The zero-order chi connectivity index (χ0) is 37.8. The molecule has 0 amide bonds. The lowest BCUT2D eigenvalue weighted by Crippen LogP contribution is -2.28. The molecule has 1 heterocycles. The van der Waals surface area contributed by atoms with E-state index < -0.39 is 5.41 Å². The maximum absolute atomic E-state index is 2.47. The predicted molar refractivity (Wildman–Crippen MR) is 242 cm³/mol. The van der Waals surface area contributed by atoms with Gasteiger partial charge in [0.05, 0.1) is 5.41 Å². The smallest absolute Gasteiger partial charge is 0.0713 e. The normalized spacial score (nSPS) is 12.7. The number of nitrogens with zero attached hydrogens (tertiary/aromatic N) is 1. The Morgan fingerprint density at radius 2 is 0.860 bits per heavy atom. The lowest BCUT2D eigenvalue weighted by atomic mass is 9.67. The largest absolute Gasteiger partial charge is 0.310 e. The molecule has 0 saturated carbocycles. The molecule has 1 aliphatic carbocycles. The van der Waals surface area contributed by atoms with E-state index in [2.05, 4.69) is 229 Å². The van der Waals surface area contributed by atoms with Crippen LogP contribution in [0.25, 0.3) is 53.6 Å². The summed E-state index contributed by atoms with van der Waals surface area (Å²) >= 11 is 1.87. The topological polar surface area (TPSA) is 3.24 Å². The quantitative estimate of drug-likeness (QED) is 0.157. The van der Waals surface area contributed by atoms with Gasteiger partial charge < -0.3 is 4.90 Å². The zero-order valence-electron chi connectivity index (χ0n) is 31.2. The minimum Gasteiger partial charge on any atom is -0.310 e. The minimum atomic E-state index is -0.424. The van der Waals surface area contributed by atoms with Gasteiger partial charge in [-0.15, -0.1) is 11.3 Å². The Balaban J connectivity index is 1.05. The van der Waals surface area contributed by atoms with Gasteiger partial charge in [-0.25, -0.2) is 0 Å². The van der Waals surface area contributed by atoms with Crippen LogP contribution in [-0.2, 0) is 5.41 Å². The molecule has 268 valence electrons. The fourth-order valence-electron chi connectivity index (χ4n) is 9.21. The van der Waals surface area contributed by atoms with Gasteiger partial charge in [-0.05, 0) is 110 Å². The average Bonchev–Trinajstić information content (AvgIpc) is 3.81. The van der Waals surface area contributed by atoms with Crippen LogP contribution in [0.1, 0.15) is 22.3 Å². The molecule has 10 aromatic rings.